The van der Waals surface area contributed by atoms with Crippen LogP contribution in [-0.4, -0.2) is 30.8 Å². The summed E-state index contributed by atoms with van der Waals surface area (Å²) >= 11 is 1.53. The average Bonchev–Trinajstić information content (AvgIpc) is 3.16. The lowest BCUT2D eigenvalue weighted by atomic mass is 10.0. The number of thiophene rings is 1. The molecule has 0 saturated carbocycles. The van der Waals surface area contributed by atoms with Gasteiger partial charge in [-0.3, -0.25) is 0 Å². The molecule has 6 nitrogen and oxygen atoms in total. The Morgan fingerprint density at radius 3 is 3.14 bits per heavy atom. The molecule has 0 aromatic carbocycles. The van der Waals surface area contributed by atoms with Crippen LogP contribution in [0.5, 0.6) is 0 Å². The molecule has 0 spiro atoms. The summed E-state index contributed by atoms with van der Waals surface area (Å²) in [6, 6.07) is 3.84. The van der Waals surface area contributed by atoms with E-state index in [0.717, 1.165) is 17.7 Å². The summed E-state index contributed by atoms with van der Waals surface area (Å²) in [5.41, 5.74) is 0.581. The van der Waals surface area contributed by atoms with Crippen molar-refractivity contribution in [3.05, 3.63) is 29.5 Å². The Labute approximate surface area is 134 Å². The van der Waals surface area contributed by atoms with Gasteiger partial charge in [-0.25, -0.2) is 4.98 Å². The zero-order valence-electron chi connectivity index (χ0n) is 12.4. The Kier molecular flexibility index (Phi) is 4.62. The van der Waals surface area contributed by atoms with E-state index >= 15 is 0 Å². The molecule has 1 fully saturated rings. The number of rotatable bonds is 5. The third-order valence-electron chi connectivity index (χ3n) is 3.68. The van der Waals surface area contributed by atoms with Crippen LogP contribution in [0.4, 0.5) is 0 Å². The topological polar surface area (TPSA) is 75.4 Å². The van der Waals surface area contributed by atoms with Gasteiger partial charge in [-0.2, -0.15) is 17.4 Å². The fourth-order valence-corrected chi connectivity index (χ4v) is 4.51. The minimum Gasteiger partial charge on any atom is -0.444 e. The molecule has 1 aliphatic heterocycles. The molecule has 2 aromatic heterocycles. The van der Waals surface area contributed by atoms with Gasteiger partial charge in [0.25, 0.3) is 10.2 Å². The predicted molar refractivity (Wildman–Crippen MR) is 85.5 cm³/mol. The van der Waals surface area contributed by atoms with E-state index in [1.807, 2.05) is 17.5 Å². The quantitative estimate of drug-likeness (QED) is 0.906. The van der Waals surface area contributed by atoms with Gasteiger partial charge in [0.2, 0.25) is 5.89 Å². The number of oxazole rings is 1. The first-order chi connectivity index (χ1) is 10.5. The molecular weight excluding hydrogens is 322 g/mol. The highest BCUT2D eigenvalue weighted by atomic mass is 32.2. The number of aromatic nitrogens is 1. The van der Waals surface area contributed by atoms with Crippen molar-refractivity contribution >= 4 is 21.5 Å². The second-order valence-electron chi connectivity index (χ2n) is 5.55. The van der Waals surface area contributed by atoms with Crippen LogP contribution in [0.3, 0.4) is 0 Å². The van der Waals surface area contributed by atoms with Crippen LogP contribution >= 0.6 is 11.3 Å². The molecule has 1 aliphatic rings. The first-order valence-electron chi connectivity index (χ1n) is 7.27. The van der Waals surface area contributed by atoms with Crippen molar-refractivity contribution in [2.75, 3.05) is 13.1 Å². The number of nitrogens with one attached hydrogen (secondary N) is 1. The molecule has 0 aliphatic carbocycles. The summed E-state index contributed by atoms with van der Waals surface area (Å²) in [4.78, 5) is 5.24. The molecule has 1 unspecified atom stereocenters. The van der Waals surface area contributed by atoms with Crippen LogP contribution < -0.4 is 4.72 Å². The summed E-state index contributed by atoms with van der Waals surface area (Å²) < 4.78 is 34.1. The standard InChI is InChI=1S/C14H19N3O3S2/c1-11-4-2-6-17(9-11)22(18,19)15-8-12-10-20-14(16-12)13-5-3-7-21-13/h3,5,7,10-11,15H,2,4,6,8-9H2,1H3. The predicted octanol–water partition coefficient (Wildman–Crippen LogP) is 2.47. The molecule has 0 radical (unpaired) electrons. The maximum absolute atomic E-state index is 12.3. The van der Waals surface area contributed by atoms with Crippen molar-refractivity contribution in [3.8, 4) is 10.8 Å². The highest BCUT2D eigenvalue weighted by Gasteiger charge is 2.26. The van der Waals surface area contributed by atoms with E-state index in [1.165, 1.54) is 21.9 Å². The van der Waals surface area contributed by atoms with Crippen LogP contribution in [0.15, 0.2) is 28.2 Å². The zero-order chi connectivity index (χ0) is 15.6. The van der Waals surface area contributed by atoms with Crippen molar-refractivity contribution in [2.45, 2.75) is 26.3 Å². The van der Waals surface area contributed by atoms with Crippen LogP contribution in [0.2, 0.25) is 0 Å². The lowest BCUT2D eigenvalue weighted by Gasteiger charge is -2.29. The smallest absolute Gasteiger partial charge is 0.279 e. The van der Waals surface area contributed by atoms with Crippen molar-refractivity contribution in [1.82, 2.24) is 14.0 Å². The van der Waals surface area contributed by atoms with Crippen molar-refractivity contribution in [1.29, 1.82) is 0 Å². The van der Waals surface area contributed by atoms with Crippen molar-refractivity contribution in [2.24, 2.45) is 5.92 Å². The van der Waals surface area contributed by atoms with Gasteiger partial charge in [0.1, 0.15) is 6.26 Å². The Hall–Kier alpha value is -1.22. The van der Waals surface area contributed by atoms with Crippen molar-refractivity contribution < 1.29 is 12.8 Å². The second kappa shape index (κ2) is 6.49. The van der Waals surface area contributed by atoms with E-state index in [1.54, 1.807) is 0 Å². The molecule has 1 atom stereocenters. The molecule has 3 rings (SSSR count). The van der Waals surface area contributed by atoms with Crippen LogP contribution in [0, 0.1) is 5.92 Å². The highest BCUT2D eigenvalue weighted by molar-refractivity contribution is 7.87. The molecule has 2 aromatic rings. The molecule has 8 heteroatoms. The first-order valence-corrected chi connectivity index (χ1v) is 9.59. The van der Waals surface area contributed by atoms with Gasteiger partial charge in [0, 0.05) is 13.1 Å². The first kappa shape index (κ1) is 15.7. The lowest BCUT2D eigenvalue weighted by Crippen LogP contribution is -2.45. The fraction of sp³-hybridized carbons (Fsp3) is 0.500. The van der Waals surface area contributed by atoms with Crippen LogP contribution in [0.25, 0.3) is 10.8 Å². The molecule has 22 heavy (non-hydrogen) atoms. The van der Waals surface area contributed by atoms with E-state index in [2.05, 4.69) is 16.6 Å². The average molecular weight is 341 g/mol. The molecule has 1 saturated heterocycles. The van der Waals surface area contributed by atoms with E-state index in [0.29, 0.717) is 30.6 Å². The summed E-state index contributed by atoms with van der Waals surface area (Å²) in [5.74, 6) is 0.929. The van der Waals surface area contributed by atoms with Gasteiger partial charge < -0.3 is 4.42 Å². The molecular formula is C14H19N3O3S2. The Bertz CT molecular complexity index is 710. The van der Waals surface area contributed by atoms with Crippen molar-refractivity contribution in [3.63, 3.8) is 0 Å². The Morgan fingerprint density at radius 2 is 2.41 bits per heavy atom. The number of hydrogen-bond acceptors (Lipinski definition) is 5. The lowest BCUT2D eigenvalue weighted by molar-refractivity contribution is 0.278. The second-order valence-corrected chi connectivity index (χ2v) is 8.26. The van der Waals surface area contributed by atoms with Gasteiger partial charge >= 0.3 is 0 Å². The number of piperidine rings is 1. The van der Waals surface area contributed by atoms with Gasteiger partial charge in [0.05, 0.1) is 17.1 Å². The Balaban J connectivity index is 1.62. The SMILES string of the molecule is CC1CCCN(S(=O)(=O)NCc2coc(-c3cccs3)n2)C1. The molecule has 120 valence electrons. The summed E-state index contributed by atoms with van der Waals surface area (Å²) in [6.07, 6.45) is 3.49. The van der Waals surface area contributed by atoms with Gasteiger partial charge in [-0.1, -0.05) is 13.0 Å². The summed E-state index contributed by atoms with van der Waals surface area (Å²) in [6.45, 7) is 3.38. The van der Waals surface area contributed by atoms with E-state index < -0.39 is 10.2 Å². The molecule has 1 N–H and O–H groups in total. The largest absolute Gasteiger partial charge is 0.444 e. The maximum Gasteiger partial charge on any atom is 0.279 e. The minimum absolute atomic E-state index is 0.141. The third kappa shape index (κ3) is 3.57. The van der Waals surface area contributed by atoms with E-state index in [4.69, 9.17) is 4.42 Å². The summed E-state index contributed by atoms with van der Waals surface area (Å²) in [5, 5.41) is 1.94. The normalized spacial score (nSPS) is 20.3. The summed E-state index contributed by atoms with van der Waals surface area (Å²) in [7, 11) is -3.45. The number of nitrogens with zero attached hydrogens (tertiary/aromatic N) is 2. The van der Waals surface area contributed by atoms with E-state index in [9.17, 15) is 8.42 Å². The molecule has 3 heterocycles. The van der Waals surface area contributed by atoms with Crippen LogP contribution in [-0.2, 0) is 16.8 Å². The van der Waals surface area contributed by atoms with Crippen LogP contribution in [0.1, 0.15) is 25.5 Å². The number of hydrogen-bond donors (Lipinski definition) is 1. The molecule has 0 bridgehead atoms. The Morgan fingerprint density at radius 1 is 1.55 bits per heavy atom. The van der Waals surface area contributed by atoms with Gasteiger partial charge in [-0.05, 0) is 30.2 Å². The molecule has 0 amide bonds. The van der Waals surface area contributed by atoms with E-state index in [-0.39, 0.29) is 6.54 Å². The monoisotopic (exact) mass is 341 g/mol. The van der Waals surface area contributed by atoms with Gasteiger partial charge in [-0.15, -0.1) is 11.3 Å². The minimum atomic E-state index is -3.45. The van der Waals surface area contributed by atoms with Gasteiger partial charge in [0.15, 0.2) is 0 Å². The third-order valence-corrected chi connectivity index (χ3v) is 6.06. The maximum atomic E-state index is 12.3. The zero-order valence-corrected chi connectivity index (χ0v) is 14.0. The highest BCUT2D eigenvalue weighted by Crippen LogP contribution is 2.23. The fourth-order valence-electron chi connectivity index (χ4n) is 2.52.